The molecule has 130 valence electrons. The number of aliphatic hydroxyl groups is 1. The second kappa shape index (κ2) is 7.93. The Hall–Kier alpha value is -1.40. The van der Waals surface area contributed by atoms with Crippen LogP contribution >= 0.6 is 0 Å². The molecule has 6 nitrogen and oxygen atoms in total. The van der Waals surface area contributed by atoms with Gasteiger partial charge in [0.25, 0.3) is 0 Å². The number of aryl methyl sites for hydroxylation is 2. The first kappa shape index (κ1) is 17.9. The highest BCUT2D eigenvalue weighted by molar-refractivity contribution is 5.77. The Morgan fingerprint density at radius 2 is 1.96 bits per heavy atom. The quantitative estimate of drug-likeness (QED) is 0.863. The summed E-state index contributed by atoms with van der Waals surface area (Å²) in [6, 6.07) is 0.216. The van der Waals surface area contributed by atoms with Crippen molar-refractivity contribution >= 4 is 5.91 Å². The fourth-order valence-electron chi connectivity index (χ4n) is 3.53. The van der Waals surface area contributed by atoms with E-state index in [0.717, 1.165) is 49.6 Å². The van der Waals surface area contributed by atoms with Gasteiger partial charge in [0.05, 0.1) is 12.3 Å². The number of rotatable bonds is 6. The van der Waals surface area contributed by atoms with E-state index < -0.39 is 0 Å². The Labute approximate surface area is 138 Å². The van der Waals surface area contributed by atoms with Gasteiger partial charge in [-0.3, -0.25) is 9.69 Å². The van der Waals surface area contributed by atoms with E-state index >= 15 is 0 Å². The van der Waals surface area contributed by atoms with Crippen molar-refractivity contribution in [3.63, 3.8) is 0 Å². The standard InChI is InChI=1S/C17H29N3O3/c1-5-15(11-21)19-6-8-20(9-7-19)16(22)10-12(2)17-13(3)18-23-14(17)4/h12,15,21H,5-11H2,1-4H3. The average Bonchev–Trinajstić information content (AvgIpc) is 2.88. The van der Waals surface area contributed by atoms with E-state index in [9.17, 15) is 9.90 Å². The highest BCUT2D eigenvalue weighted by Crippen LogP contribution is 2.26. The predicted molar refractivity (Wildman–Crippen MR) is 88.3 cm³/mol. The van der Waals surface area contributed by atoms with Gasteiger partial charge >= 0.3 is 0 Å². The maximum atomic E-state index is 12.5. The molecule has 1 aliphatic heterocycles. The highest BCUT2D eigenvalue weighted by atomic mass is 16.5. The first-order chi connectivity index (χ1) is 11.0. The van der Waals surface area contributed by atoms with Gasteiger partial charge in [0.1, 0.15) is 5.76 Å². The number of piperazine rings is 1. The zero-order chi connectivity index (χ0) is 17.0. The topological polar surface area (TPSA) is 69.8 Å². The summed E-state index contributed by atoms with van der Waals surface area (Å²) in [4.78, 5) is 16.8. The van der Waals surface area contributed by atoms with Gasteiger partial charge < -0.3 is 14.5 Å². The summed E-state index contributed by atoms with van der Waals surface area (Å²) in [6.45, 7) is 11.3. The van der Waals surface area contributed by atoms with Gasteiger partial charge in [0.2, 0.25) is 5.91 Å². The molecule has 1 N–H and O–H groups in total. The van der Waals surface area contributed by atoms with Gasteiger partial charge in [0.15, 0.2) is 0 Å². The SMILES string of the molecule is CCC(CO)N1CCN(C(=O)CC(C)c2c(C)noc2C)CC1. The molecule has 2 heterocycles. The van der Waals surface area contributed by atoms with Gasteiger partial charge in [-0.15, -0.1) is 0 Å². The molecule has 1 aliphatic rings. The van der Waals surface area contributed by atoms with E-state index in [-0.39, 0.29) is 24.5 Å². The van der Waals surface area contributed by atoms with Crippen molar-refractivity contribution in [1.82, 2.24) is 15.0 Å². The van der Waals surface area contributed by atoms with E-state index in [4.69, 9.17) is 4.52 Å². The number of amides is 1. The first-order valence-corrected chi connectivity index (χ1v) is 8.53. The van der Waals surface area contributed by atoms with Gasteiger partial charge in [-0.05, 0) is 26.2 Å². The minimum Gasteiger partial charge on any atom is -0.395 e. The minimum atomic E-state index is 0.118. The first-order valence-electron chi connectivity index (χ1n) is 8.53. The minimum absolute atomic E-state index is 0.118. The van der Waals surface area contributed by atoms with E-state index in [1.807, 2.05) is 18.7 Å². The second-order valence-electron chi connectivity index (χ2n) is 6.50. The lowest BCUT2D eigenvalue weighted by atomic mass is 9.95. The molecular weight excluding hydrogens is 294 g/mol. The molecular formula is C17H29N3O3. The summed E-state index contributed by atoms with van der Waals surface area (Å²) in [5.41, 5.74) is 1.93. The van der Waals surface area contributed by atoms with Gasteiger partial charge in [-0.1, -0.05) is 19.0 Å². The number of aromatic nitrogens is 1. The largest absolute Gasteiger partial charge is 0.395 e. The zero-order valence-corrected chi connectivity index (χ0v) is 14.7. The summed E-state index contributed by atoms with van der Waals surface area (Å²) in [5.74, 6) is 1.11. The molecule has 6 heteroatoms. The monoisotopic (exact) mass is 323 g/mol. The third kappa shape index (κ3) is 4.12. The number of carbonyl (C=O) groups excluding carboxylic acids is 1. The maximum Gasteiger partial charge on any atom is 0.223 e. The molecule has 0 radical (unpaired) electrons. The van der Waals surface area contributed by atoms with Crippen molar-refractivity contribution in [3.8, 4) is 0 Å². The Kier molecular flexibility index (Phi) is 6.18. The molecule has 0 saturated carbocycles. The number of hydrogen-bond acceptors (Lipinski definition) is 5. The molecule has 0 aliphatic carbocycles. The van der Waals surface area contributed by atoms with E-state index in [1.165, 1.54) is 0 Å². The van der Waals surface area contributed by atoms with Crippen molar-refractivity contribution in [2.45, 2.75) is 52.5 Å². The number of hydrogen-bond donors (Lipinski definition) is 1. The maximum absolute atomic E-state index is 12.5. The Balaban J connectivity index is 1.88. The Bertz CT molecular complexity index is 498. The van der Waals surface area contributed by atoms with Crippen LogP contribution in [0.2, 0.25) is 0 Å². The van der Waals surface area contributed by atoms with Crippen LogP contribution < -0.4 is 0 Å². The summed E-state index contributed by atoms with van der Waals surface area (Å²) in [5, 5.41) is 13.4. The third-order valence-electron chi connectivity index (χ3n) is 4.93. The normalized spacial score (nSPS) is 18.9. The van der Waals surface area contributed by atoms with E-state index in [2.05, 4.69) is 23.9 Å². The lowest BCUT2D eigenvalue weighted by Gasteiger charge is -2.38. The molecule has 1 aromatic rings. The molecule has 2 rings (SSSR count). The lowest BCUT2D eigenvalue weighted by molar-refractivity contribution is -0.133. The van der Waals surface area contributed by atoms with Crippen LogP contribution in [0.25, 0.3) is 0 Å². The van der Waals surface area contributed by atoms with Crippen LogP contribution in [0.3, 0.4) is 0 Å². The summed E-state index contributed by atoms with van der Waals surface area (Å²) in [7, 11) is 0. The predicted octanol–water partition coefficient (Wildman–Crippen LogP) is 1.70. The summed E-state index contributed by atoms with van der Waals surface area (Å²) >= 11 is 0. The Morgan fingerprint density at radius 3 is 2.43 bits per heavy atom. The van der Waals surface area contributed by atoms with Crippen molar-refractivity contribution in [1.29, 1.82) is 0 Å². The van der Waals surface area contributed by atoms with Crippen LogP contribution in [0.4, 0.5) is 0 Å². The molecule has 0 bridgehead atoms. The fraction of sp³-hybridized carbons (Fsp3) is 0.765. The second-order valence-corrected chi connectivity index (χ2v) is 6.50. The molecule has 0 aromatic carbocycles. The van der Waals surface area contributed by atoms with Gasteiger partial charge in [-0.2, -0.15) is 0 Å². The molecule has 23 heavy (non-hydrogen) atoms. The average molecular weight is 323 g/mol. The summed E-state index contributed by atoms with van der Waals surface area (Å²) < 4.78 is 5.20. The smallest absolute Gasteiger partial charge is 0.223 e. The lowest BCUT2D eigenvalue weighted by Crippen LogP contribution is -2.52. The molecule has 2 atom stereocenters. The van der Waals surface area contributed by atoms with Crippen molar-refractivity contribution < 1.29 is 14.4 Å². The zero-order valence-electron chi connectivity index (χ0n) is 14.7. The molecule has 0 spiro atoms. The molecule has 1 aromatic heterocycles. The van der Waals surface area contributed by atoms with Crippen LogP contribution in [-0.2, 0) is 4.79 Å². The van der Waals surface area contributed by atoms with Crippen LogP contribution in [0.1, 0.15) is 49.6 Å². The summed E-state index contributed by atoms with van der Waals surface area (Å²) in [6.07, 6.45) is 1.42. The molecule has 1 amide bonds. The third-order valence-corrected chi connectivity index (χ3v) is 4.93. The van der Waals surface area contributed by atoms with E-state index in [1.54, 1.807) is 0 Å². The molecule has 1 fully saturated rings. The van der Waals surface area contributed by atoms with Crippen LogP contribution in [0.15, 0.2) is 4.52 Å². The Morgan fingerprint density at radius 1 is 1.30 bits per heavy atom. The fourth-order valence-corrected chi connectivity index (χ4v) is 3.53. The number of nitrogens with zero attached hydrogens (tertiary/aromatic N) is 3. The van der Waals surface area contributed by atoms with Gasteiger partial charge in [0, 0.05) is 44.2 Å². The number of carbonyl (C=O) groups is 1. The van der Waals surface area contributed by atoms with Crippen LogP contribution in [-0.4, -0.2) is 64.8 Å². The van der Waals surface area contributed by atoms with Crippen molar-refractivity contribution in [2.75, 3.05) is 32.8 Å². The van der Waals surface area contributed by atoms with Crippen molar-refractivity contribution in [2.24, 2.45) is 0 Å². The van der Waals surface area contributed by atoms with Crippen molar-refractivity contribution in [3.05, 3.63) is 17.0 Å². The highest BCUT2D eigenvalue weighted by Gasteiger charge is 2.27. The molecule has 1 saturated heterocycles. The van der Waals surface area contributed by atoms with Crippen LogP contribution in [0.5, 0.6) is 0 Å². The molecule has 2 unspecified atom stereocenters. The van der Waals surface area contributed by atoms with Gasteiger partial charge in [-0.25, -0.2) is 0 Å². The number of aliphatic hydroxyl groups excluding tert-OH is 1. The van der Waals surface area contributed by atoms with E-state index in [0.29, 0.717) is 6.42 Å². The van der Waals surface area contributed by atoms with Crippen LogP contribution in [0, 0.1) is 13.8 Å².